The Bertz CT molecular complexity index is 1110. The first-order chi connectivity index (χ1) is 14.2. The van der Waals surface area contributed by atoms with Crippen molar-refractivity contribution in [3.8, 4) is 0 Å². The number of phosphoric ester groups is 1. The van der Waals surface area contributed by atoms with Gasteiger partial charge in [-0.05, 0) is 0 Å². The Labute approximate surface area is 193 Å². The number of nitrogens with zero attached hydrogens (tertiary/aromatic N) is 4. The summed E-state index contributed by atoms with van der Waals surface area (Å²) in [5, 5.41) is 20.3. The van der Waals surface area contributed by atoms with Gasteiger partial charge in [-0.3, -0.25) is 18.0 Å². The third-order valence-corrected chi connectivity index (χ3v) is 7.46. The van der Waals surface area contributed by atoms with Crippen molar-refractivity contribution in [1.29, 1.82) is 0 Å². The van der Waals surface area contributed by atoms with Crippen LogP contribution in [0.5, 0.6) is 0 Å². The molecule has 0 radical (unpaired) electrons. The average Bonchev–Trinajstić information content (AvgIpc) is 3.13. The van der Waals surface area contributed by atoms with Crippen LogP contribution in [0.4, 0.5) is 5.82 Å². The van der Waals surface area contributed by atoms with E-state index in [-0.39, 0.29) is 40.0 Å². The minimum Gasteiger partial charge on any atom is -0.790 e. The van der Waals surface area contributed by atoms with Gasteiger partial charge >= 0.3 is 23.1 Å². The second kappa shape index (κ2) is 9.95. The molecule has 0 aliphatic carbocycles. The normalized spacial score (nSPS) is 27.6. The number of hydrogen-bond acceptors (Lipinski definition) is 17. The van der Waals surface area contributed by atoms with E-state index in [4.69, 9.17) is 10.5 Å². The molecule has 3 heterocycles. The van der Waals surface area contributed by atoms with Crippen LogP contribution >= 0.6 is 23.5 Å². The number of fused-ring (bicyclic) bond motifs is 1. The van der Waals surface area contributed by atoms with E-state index in [9.17, 15) is 43.5 Å². The summed E-state index contributed by atoms with van der Waals surface area (Å²) >= 11 is 0. The molecule has 1 aliphatic rings. The first-order valence-corrected chi connectivity index (χ1v) is 12.2. The van der Waals surface area contributed by atoms with Crippen LogP contribution in [-0.4, -0.2) is 77.7 Å². The predicted octanol–water partition coefficient (Wildman–Crippen LogP) is -4.54. The fourth-order valence-corrected chi connectivity index (χ4v) is 5.47. The first kappa shape index (κ1) is 27.6. The van der Waals surface area contributed by atoms with Gasteiger partial charge in [-0.15, -0.1) is 0 Å². The van der Waals surface area contributed by atoms with Crippen molar-refractivity contribution in [2.24, 2.45) is 0 Å². The number of anilines is 1. The number of imidazole rings is 1. The van der Waals surface area contributed by atoms with Crippen molar-refractivity contribution in [2.75, 3.05) is 12.3 Å². The zero-order valence-corrected chi connectivity index (χ0v) is 19.6. The molecule has 2 unspecified atom stereocenters. The molecule has 0 amide bonds. The van der Waals surface area contributed by atoms with Crippen LogP contribution in [0.1, 0.15) is 6.23 Å². The molecule has 2 aromatic rings. The predicted molar refractivity (Wildman–Crippen MR) is 92.4 cm³/mol. The molecule has 22 heteroatoms. The Balaban J connectivity index is 0.00000363. The maximum absolute atomic E-state index is 11.6. The molecule has 1 saturated heterocycles. The van der Waals surface area contributed by atoms with Crippen molar-refractivity contribution in [3.05, 3.63) is 12.7 Å². The van der Waals surface area contributed by atoms with Crippen molar-refractivity contribution < 1.29 is 61.4 Å². The Kier molecular flexibility index (Phi) is 8.60. The molecule has 18 nitrogen and oxygen atoms in total. The fourth-order valence-electron chi connectivity index (χ4n) is 2.60. The fraction of sp³-hybridized carbons (Fsp3) is 0.500. The van der Waals surface area contributed by atoms with Crippen LogP contribution in [0.2, 0.25) is 0 Å². The Morgan fingerprint density at radius 3 is 2.34 bits per heavy atom. The first-order valence-electron chi connectivity index (χ1n) is 7.85. The molecule has 1 aliphatic heterocycles. The number of nitrogens with two attached hydrogens (primary N) is 1. The van der Waals surface area contributed by atoms with E-state index < -0.39 is 54.6 Å². The van der Waals surface area contributed by atoms with Gasteiger partial charge in [0.15, 0.2) is 17.7 Å². The summed E-state index contributed by atoms with van der Waals surface area (Å²) in [5.41, 5.74) is 5.92. The third-order valence-electron chi connectivity index (χ3n) is 3.80. The summed E-state index contributed by atoms with van der Waals surface area (Å²) < 4.78 is 50.2. The summed E-state index contributed by atoms with van der Waals surface area (Å²) in [6.45, 7) is -1.08. The van der Waals surface area contributed by atoms with E-state index in [0.29, 0.717) is 0 Å². The van der Waals surface area contributed by atoms with Gasteiger partial charge in [0.25, 0.3) is 15.6 Å². The summed E-state index contributed by atoms with van der Waals surface area (Å²) in [7, 11) is -18.1. The molecular weight excluding hydrogens is 515 g/mol. The summed E-state index contributed by atoms with van der Waals surface area (Å²) in [4.78, 5) is 54.9. The molecule has 0 spiro atoms. The van der Waals surface area contributed by atoms with Crippen LogP contribution in [0.3, 0.4) is 0 Å². The maximum Gasteiger partial charge on any atom is 2.00 e. The van der Waals surface area contributed by atoms with E-state index >= 15 is 0 Å². The molecule has 4 N–H and O–H groups in total. The Hall–Kier alpha value is -0.594. The van der Waals surface area contributed by atoms with Crippen LogP contribution in [-0.2, 0) is 31.6 Å². The van der Waals surface area contributed by atoms with Gasteiger partial charge in [-0.1, -0.05) is 0 Å². The quantitative estimate of drug-likeness (QED) is 0.215. The molecule has 174 valence electrons. The number of hydrogen-bond donors (Lipinski definition) is 3. The van der Waals surface area contributed by atoms with Crippen LogP contribution in [0, 0.1) is 0 Å². The topological polar surface area (TPSA) is 290 Å². The number of rotatable bonds is 8. The summed E-state index contributed by atoms with van der Waals surface area (Å²) in [5.74, 6) is 0.0195. The molecule has 1 fully saturated rings. The average molecular weight is 527 g/mol. The zero-order valence-electron chi connectivity index (χ0n) is 15.5. The standard InChI is InChI=1S/C10H16N5O13P3.Mg/c11-8-5-9(13-2-12-8)15(3-14-5)10-7(17)6(16)4(26-10)1-25-30(21,22)28-31(23,24)27-29(18,19)20;/h2-4,6-7,10,16-17H,1H2,(H,21,22)(H,23,24)(H2,11,12,13)(H2,18,19,20);/q;+2/p-4/t4-,6-,7-,10-;/m1./s1. The molecule has 0 bridgehead atoms. The van der Waals surface area contributed by atoms with Gasteiger partial charge in [-0.25, -0.2) is 19.3 Å². The van der Waals surface area contributed by atoms with E-state index in [1.807, 2.05) is 0 Å². The Morgan fingerprint density at radius 2 is 1.72 bits per heavy atom. The molecule has 3 rings (SSSR count). The second-order valence-corrected chi connectivity index (χ2v) is 10.2. The molecule has 6 atom stereocenters. The number of nitrogen functional groups attached to an aromatic ring is 1. The third kappa shape index (κ3) is 6.50. The van der Waals surface area contributed by atoms with E-state index in [0.717, 1.165) is 12.7 Å². The molecule has 0 aromatic carbocycles. The van der Waals surface area contributed by atoms with Gasteiger partial charge in [0.05, 0.1) is 20.8 Å². The monoisotopic (exact) mass is 527 g/mol. The van der Waals surface area contributed by atoms with Gasteiger partial charge < -0.3 is 49.3 Å². The maximum atomic E-state index is 11.6. The number of ether oxygens (including phenoxy) is 1. The van der Waals surface area contributed by atoms with E-state index in [1.165, 1.54) is 4.57 Å². The molecule has 2 aromatic heterocycles. The molecule has 32 heavy (non-hydrogen) atoms. The zero-order chi connectivity index (χ0) is 23.2. The molecule has 0 saturated carbocycles. The van der Waals surface area contributed by atoms with Gasteiger partial charge in [0.1, 0.15) is 30.2 Å². The van der Waals surface area contributed by atoms with Crippen molar-refractivity contribution in [2.45, 2.75) is 24.5 Å². The van der Waals surface area contributed by atoms with Crippen LogP contribution in [0.25, 0.3) is 11.2 Å². The van der Waals surface area contributed by atoms with Gasteiger partial charge in [-0.2, -0.15) is 0 Å². The minimum absolute atomic E-state index is 0. The summed E-state index contributed by atoms with van der Waals surface area (Å²) in [6.07, 6.45) is -3.99. The molecular formula is C10H12MgN5O13P3-2. The van der Waals surface area contributed by atoms with Gasteiger partial charge in [0, 0.05) is 0 Å². The van der Waals surface area contributed by atoms with E-state index in [1.54, 1.807) is 0 Å². The van der Waals surface area contributed by atoms with Crippen LogP contribution in [0.15, 0.2) is 12.7 Å². The van der Waals surface area contributed by atoms with Crippen molar-refractivity contribution >= 4 is 63.5 Å². The SMILES string of the molecule is Nc1ncnc2c1ncn2[C@@H]1O[C@H](COP(=O)([O-])OP(=O)([O-])OP(=O)([O-])[O-])[C@@H](O)[C@H]1O.[Mg+2]. The van der Waals surface area contributed by atoms with Crippen molar-refractivity contribution in [3.63, 3.8) is 0 Å². The second-order valence-electron chi connectivity index (χ2n) is 5.93. The van der Waals surface area contributed by atoms with E-state index in [2.05, 4.69) is 28.1 Å². The van der Waals surface area contributed by atoms with Crippen LogP contribution < -0.4 is 25.3 Å². The summed E-state index contributed by atoms with van der Waals surface area (Å²) in [6, 6.07) is 0. The minimum atomic E-state index is -6.14. The van der Waals surface area contributed by atoms with Crippen molar-refractivity contribution in [1.82, 2.24) is 19.5 Å². The largest absolute Gasteiger partial charge is 2.00 e. The number of aliphatic hydroxyl groups is 2. The number of aromatic nitrogens is 4. The van der Waals surface area contributed by atoms with Gasteiger partial charge in [0.2, 0.25) is 0 Å². The Morgan fingerprint density at radius 1 is 1.06 bits per heavy atom. The number of aliphatic hydroxyl groups excluding tert-OH is 2. The smallest absolute Gasteiger partial charge is 0.790 e. The number of phosphoric acid groups is 3.